The van der Waals surface area contributed by atoms with Crippen molar-refractivity contribution in [3.63, 3.8) is 0 Å². The average molecular weight is 226 g/mol. The molecule has 0 aromatic carbocycles. The zero-order chi connectivity index (χ0) is 12.3. The Labute approximate surface area is 92.0 Å². The lowest BCUT2D eigenvalue weighted by molar-refractivity contribution is -0.119. The molecule has 5 N–H and O–H groups in total. The number of carbonyl (C=O) groups excluding carboxylic acids is 2. The van der Waals surface area contributed by atoms with Crippen molar-refractivity contribution in [1.82, 2.24) is 20.1 Å². The first-order valence-corrected chi connectivity index (χ1v) is 4.69. The highest BCUT2D eigenvalue weighted by molar-refractivity contribution is 5.93. The molecule has 0 bridgehead atoms. The number of nitrogens with one attached hydrogen (secondary N) is 1. The van der Waals surface area contributed by atoms with Gasteiger partial charge in [0.25, 0.3) is 5.91 Å². The highest BCUT2D eigenvalue weighted by Gasteiger charge is 2.23. The van der Waals surface area contributed by atoms with E-state index in [0.717, 1.165) is 0 Å². The highest BCUT2D eigenvalue weighted by Crippen LogP contribution is 2.04. The Balaban J connectivity index is 2.87. The summed E-state index contributed by atoms with van der Waals surface area (Å²) in [5.74, 6) is -1.08. The maximum absolute atomic E-state index is 11.9. The molecule has 0 saturated heterocycles. The second-order valence-corrected chi connectivity index (χ2v) is 3.54. The van der Waals surface area contributed by atoms with Gasteiger partial charge in [-0.15, -0.1) is 5.10 Å². The second kappa shape index (κ2) is 4.60. The molecule has 0 aliphatic rings. The Kier molecular flexibility index (Phi) is 3.44. The number of H-pyrrole nitrogens is 1. The van der Waals surface area contributed by atoms with Crippen LogP contribution in [0.1, 0.15) is 24.5 Å². The summed E-state index contributed by atoms with van der Waals surface area (Å²) in [5.41, 5.74) is 10.3. The lowest BCUT2D eigenvalue weighted by Crippen LogP contribution is -2.43. The molecule has 1 aromatic rings. The van der Waals surface area contributed by atoms with E-state index in [0.29, 0.717) is 0 Å². The van der Waals surface area contributed by atoms with E-state index in [2.05, 4.69) is 15.2 Å². The number of primary amides is 1. The summed E-state index contributed by atoms with van der Waals surface area (Å²) in [6, 6.07) is -0.175. The van der Waals surface area contributed by atoms with Crippen LogP contribution in [0.25, 0.3) is 0 Å². The van der Waals surface area contributed by atoms with Gasteiger partial charge in [-0.05, 0) is 13.8 Å². The summed E-state index contributed by atoms with van der Waals surface area (Å²) >= 11 is 0. The van der Waals surface area contributed by atoms with Crippen molar-refractivity contribution in [2.24, 2.45) is 5.73 Å². The number of amides is 2. The van der Waals surface area contributed by atoms with Crippen LogP contribution in [0.5, 0.6) is 0 Å². The van der Waals surface area contributed by atoms with E-state index < -0.39 is 11.8 Å². The van der Waals surface area contributed by atoms with Gasteiger partial charge in [-0.3, -0.25) is 14.7 Å². The fourth-order valence-electron chi connectivity index (χ4n) is 1.16. The number of nitrogens with two attached hydrogens (primary N) is 2. The predicted octanol–water partition coefficient (Wildman–Crippen LogP) is -1.28. The first kappa shape index (κ1) is 12.0. The van der Waals surface area contributed by atoms with E-state index in [9.17, 15) is 9.59 Å². The van der Waals surface area contributed by atoms with Gasteiger partial charge in [-0.25, -0.2) is 0 Å². The van der Waals surface area contributed by atoms with Gasteiger partial charge in [-0.2, -0.15) is 4.98 Å². The number of nitrogen functional groups attached to an aromatic ring is 1. The number of anilines is 1. The molecular weight excluding hydrogens is 212 g/mol. The van der Waals surface area contributed by atoms with Crippen LogP contribution in [0.2, 0.25) is 0 Å². The van der Waals surface area contributed by atoms with Crippen molar-refractivity contribution >= 4 is 17.8 Å². The summed E-state index contributed by atoms with van der Waals surface area (Å²) in [7, 11) is 0. The quantitative estimate of drug-likeness (QED) is 0.588. The van der Waals surface area contributed by atoms with E-state index in [-0.39, 0.29) is 24.4 Å². The lowest BCUT2D eigenvalue weighted by Gasteiger charge is -2.23. The van der Waals surface area contributed by atoms with E-state index >= 15 is 0 Å². The number of rotatable bonds is 4. The summed E-state index contributed by atoms with van der Waals surface area (Å²) < 4.78 is 0. The molecule has 16 heavy (non-hydrogen) atoms. The zero-order valence-corrected chi connectivity index (χ0v) is 9.10. The summed E-state index contributed by atoms with van der Waals surface area (Å²) in [6.07, 6.45) is 0. The Morgan fingerprint density at radius 3 is 2.50 bits per heavy atom. The van der Waals surface area contributed by atoms with Crippen molar-refractivity contribution in [2.45, 2.75) is 19.9 Å². The van der Waals surface area contributed by atoms with E-state index in [1.165, 1.54) is 4.90 Å². The minimum atomic E-state index is -0.588. The van der Waals surface area contributed by atoms with Gasteiger partial charge in [0.1, 0.15) is 0 Å². The minimum absolute atomic E-state index is 0.00699. The van der Waals surface area contributed by atoms with Gasteiger partial charge in [0, 0.05) is 6.04 Å². The van der Waals surface area contributed by atoms with Gasteiger partial charge < -0.3 is 16.4 Å². The number of aromatic amines is 1. The fourth-order valence-corrected chi connectivity index (χ4v) is 1.16. The lowest BCUT2D eigenvalue weighted by atomic mass is 10.3. The van der Waals surface area contributed by atoms with Crippen LogP contribution >= 0.6 is 0 Å². The van der Waals surface area contributed by atoms with Gasteiger partial charge in [-0.1, -0.05) is 0 Å². The first-order valence-electron chi connectivity index (χ1n) is 4.69. The number of nitrogens with zero attached hydrogens (tertiary/aromatic N) is 3. The fraction of sp³-hybridized carbons (Fsp3) is 0.500. The third kappa shape index (κ3) is 2.69. The van der Waals surface area contributed by atoms with Crippen molar-refractivity contribution in [3.8, 4) is 0 Å². The standard InChI is InChI=1S/C8H14N6O2/c1-4(2)14(3-5(9)15)7(16)6-11-8(10)13-12-6/h4H,3H2,1-2H3,(H2,9,15)(H3,10,11,12,13). The monoisotopic (exact) mass is 226 g/mol. The maximum Gasteiger partial charge on any atom is 0.291 e. The van der Waals surface area contributed by atoms with E-state index in [1.54, 1.807) is 13.8 Å². The first-order chi connectivity index (χ1) is 7.41. The molecule has 0 aliphatic carbocycles. The average Bonchev–Trinajstić information content (AvgIpc) is 2.59. The smallest absolute Gasteiger partial charge is 0.291 e. The molecular formula is C8H14N6O2. The molecule has 1 heterocycles. The molecule has 8 heteroatoms. The second-order valence-electron chi connectivity index (χ2n) is 3.54. The summed E-state index contributed by atoms with van der Waals surface area (Å²) in [6.45, 7) is 3.36. The van der Waals surface area contributed by atoms with Gasteiger partial charge in [0.05, 0.1) is 6.54 Å². The van der Waals surface area contributed by atoms with Crippen molar-refractivity contribution < 1.29 is 9.59 Å². The third-order valence-corrected chi connectivity index (χ3v) is 1.92. The Bertz CT molecular complexity index is 399. The maximum atomic E-state index is 11.9. The van der Waals surface area contributed by atoms with Crippen LogP contribution in [0.15, 0.2) is 0 Å². The molecule has 0 spiro atoms. The molecule has 88 valence electrons. The molecule has 1 rings (SSSR count). The van der Waals surface area contributed by atoms with Crippen LogP contribution < -0.4 is 11.5 Å². The van der Waals surface area contributed by atoms with Crippen LogP contribution in [0.4, 0.5) is 5.95 Å². The van der Waals surface area contributed by atoms with Crippen LogP contribution in [0, 0.1) is 0 Å². The van der Waals surface area contributed by atoms with Crippen LogP contribution in [0.3, 0.4) is 0 Å². The number of hydrogen-bond donors (Lipinski definition) is 3. The molecule has 8 nitrogen and oxygen atoms in total. The van der Waals surface area contributed by atoms with E-state index in [1.807, 2.05) is 0 Å². The Morgan fingerprint density at radius 2 is 2.12 bits per heavy atom. The molecule has 0 aliphatic heterocycles. The number of aromatic nitrogens is 3. The number of hydrogen-bond acceptors (Lipinski definition) is 5. The zero-order valence-electron chi connectivity index (χ0n) is 9.10. The largest absolute Gasteiger partial charge is 0.368 e. The summed E-state index contributed by atoms with van der Waals surface area (Å²) in [4.78, 5) is 27.6. The SMILES string of the molecule is CC(C)N(CC(N)=O)C(=O)c1nc(N)n[nH]1. The molecule has 0 saturated carbocycles. The van der Waals surface area contributed by atoms with Gasteiger partial charge >= 0.3 is 0 Å². The number of carbonyl (C=O) groups is 2. The molecule has 0 atom stereocenters. The molecule has 2 amide bonds. The normalized spacial score (nSPS) is 10.4. The van der Waals surface area contributed by atoms with Crippen LogP contribution in [-0.2, 0) is 4.79 Å². The van der Waals surface area contributed by atoms with Crippen molar-refractivity contribution in [2.75, 3.05) is 12.3 Å². The highest BCUT2D eigenvalue weighted by atomic mass is 16.2. The van der Waals surface area contributed by atoms with Gasteiger partial charge in [0.2, 0.25) is 17.7 Å². The van der Waals surface area contributed by atoms with Gasteiger partial charge in [0.15, 0.2) is 0 Å². The third-order valence-electron chi connectivity index (χ3n) is 1.92. The summed E-state index contributed by atoms with van der Waals surface area (Å²) in [5, 5.41) is 5.92. The molecule has 0 fully saturated rings. The molecule has 0 unspecified atom stereocenters. The van der Waals surface area contributed by atoms with Crippen molar-refractivity contribution in [3.05, 3.63) is 5.82 Å². The molecule has 1 aromatic heterocycles. The van der Waals surface area contributed by atoms with E-state index in [4.69, 9.17) is 11.5 Å². The Hall–Kier alpha value is -2.12. The Morgan fingerprint density at radius 1 is 1.50 bits per heavy atom. The predicted molar refractivity (Wildman–Crippen MR) is 56.2 cm³/mol. The molecule has 0 radical (unpaired) electrons. The topological polar surface area (TPSA) is 131 Å². The van der Waals surface area contributed by atoms with Crippen molar-refractivity contribution in [1.29, 1.82) is 0 Å². The van der Waals surface area contributed by atoms with Crippen LogP contribution in [-0.4, -0.2) is 44.5 Å². The minimum Gasteiger partial charge on any atom is -0.368 e.